The van der Waals surface area contributed by atoms with Crippen LogP contribution in [0.5, 0.6) is 0 Å². The molecule has 0 aromatic carbocycles. The lowest BCUT2D eigenvalue weighted by Crippen LogP contribution is -2.23. The molecule has 5 N–H and O–H groups in total. The first-order valence-corrected chi connectivity index (χ1v) is 11.4. The Morgan fingerprint density at radius 2 is 1.20 bits per heavy atom. The molecule has 0 saturated heterocycles. The first kappa shape index (κ1) is 27.0. The van der Waals surface area contributed by atoms with Crippen LogP contribution in [0.2, 0.25) is 0 Å². The molecule has 152 valence electrons. The van der Waals surface area contributed by atoms with E-state index in [4.69, 9.17) is 20.6 Å². The van der Waals surface area contributed by atoms with Gasteiger partial charge in [-0.15, -0.1) is 0 Å². The van der Waals surface area contributed by atoms with Gasteiger partial charge in [0.1, 0.15) is 12.1 Å². The molecule has 0 aromatic rings. The molecular formula is C18H40NO5P. The van der Waals surface area contributed by atoms with Crippen molar-refractivity contribution < 1.29 is 24.3 Å². The highest BCUT2D eigenvalue weighted by Gasteiger charge is 2.22. The number of aliphatic hydroxyl groups excluding tert-OH is 1. The number of hydrogen-bond donors (Lipinski definition) is 4. The van der Waals surface area contributed by atoms with Gasteiger partial charge in [-0.2, -0.15) is 0 Å². The molecule has 0 amide bonds. The van der Waals surface area contributed by atoms with Crippen molar-refractivity contribution in [3.63, 3.8) is 0 Å². The Bertz CT molecular complexity index is 323. The van der Waals surface area contributed by atoms with Crippen LogP contribution in [0.3, 0.4) is 0 Å². The van der Waals surface area contributed by atoms with Crippen LogP contribution < -0.4 is 5.73 Å². The van der Waals surface area contributed by atoms with E-state index in [9.17, 15) is 9.36 Å². The van der Waals surface area contributed by atoms with E-state index in [0.29, 0.717) is 0 Å². The van der Waals surface area contributed by atoms with E-state index in [0.717, 1.165) is 19.1 Å². The van der Waals surface area contributed by atoms with Gasteiger partial charge >= 0.3 is 7.60 Å². The van der Waals surface area contributed by atoms with Crippen LogP contribution in [0.15, 0.2) is 0 Å². The predicted octanol–water partition coefficient (Wildman–Crippen LogP) is 4.11. The lowest BCUT2D eigenvalue weighted by molar-refractivity contribution is -0.107. The van der Waals surface area contributed by atoms with E-state index in [1.165, 1.54) is 77.0 Å². The summed E-state index contributed by atoms with van der Waals surface area (Å²) in [6, 6.07) is 0. The maximum Gasteiger partial charge on any atom is 0.344 e. The fraction of sp³-hybridized carbons (Fsp3) is 0.944. The van der Waals surface area contributed by atoms with Crippen molar-refractivity contribution in [1.82, 2.24) is 0 Å². The van der Waals surface area contributed by atoms with Crippen molar-refractivity contribution in [3.8, 4) is 0 Å². The Balaban J connectivity index is 0. The zero-order chi connectivity index (χ0) is 19.4. The normalized spacial score (nSPS) is 12.4. The minimum absolute atomic E-state index is 0.690. The van der Waals surface area contributed by atoms with E-state index in [1.54, 1.807) is 0 Å². The van der Waals surface area contributed by atoms with Crippen molar-refractivity contribution in [2.75, 3.05) is 6.61 Å². The second kappa shape index (κ2) is 20.1. The summed E-state index contributed by atoms with van der Waals surface area (Å²) in [6.07, 6.45) is 19.6. The second-order valence-corrected chi connectivity index (χ2v) is 8.38. The van der Waals surface area contributed by atoms with Crippen molar-refractivity contribution in [2.24, 2.45) is 5.73 Å². The number of hydrogen-bond acceptors (Lipinski definition) is 4. The number of carbonyl (C=O) groups excluding carboxylic acids is 1. The molecule has 0 spiro atoms. The van der Waals surface area contributed by atoms with Crippen LogP contribution in [-0.2, 0) is 9.36 Å². The zero-order valence-electron chi connectivity index (χ0n) is 15.9. The zero-order valence-corrected chi connectivity index (χ0v) is 16.8. The third kappa shape index (κ3) is 23.7. The summed E-state index contributed by atoms with van der Waals surface area (Å²) in [5, 5.41) is 8.05. The van der Waals surface area contributed by atoms with Gasteiger partial charge in [-0.3, -0.25) is 4.57 Å². The number of rotatable bonds is 16. The van der Waals surface area contributed by atoms with Crippen LogP contribution in [0.1, 0.15) is 96.8 Å². The molecule has 0 aliphatic heterocycles. The Morgan fingerprint density at radius 1 is 0.840 bits per heavy atom. The summed E-state index contributed by atoms with van der Waals surface area (Å²) in [5.74, 6) is -1.43. The summed E-state index contributed by atoms with van der Waals surface area (Å²) in [7, 11) is -4.23. The van der Waals surface area contributed by atoms with Gasteiger partial charge in [0.25, 0.3) is 0 Å². The second-order valence-electron chi connectivity index (χ2n) is 6.54. The van der Waals surface area contributed by atoms with E-state index in [1.807, 2.05) is 0 Å². The molecule has 0 heterocycles. The van der Waals surface area contributed by atoms with Gasteiger partial charge in [-0.05, 0) is 6.42 Å². The predicted molar refractivity (Wildman–Crippen MR) is 103 cm³/mol. The quantitative estimate of drug-likeness (QED) is 0.181. The molecule has 25 heavy (non-hydrogen) atoms. The molecule has 0 rings (SSSR count). The van der Waals surface area contributed by atoms with Gasteiger partial charge in [0.2, 0.25) is 0 Å². The van der Waals surface area contributed by atoms with Crippen LogP contribution in [0.25, 0.3) is 0 Å². The van der Waals surface area contributed by atoms with Crippen LogP contribution in [-0.4, -0.2) is 33.6 Å². The monoisotopic (exact) mass is 381 g/mol. The first-order valence-electron chi connectivity index (χ1n) is 9.75. The lowest BCUT2D eigenvalue weighted by Gasteiger charge is -2.08. The van der Waals surface area contributed by atoms with Gasteiger partial charge in [-0.1, -0.05) is 84.0 Å². The minimum atomic E-state index is -4.23. The molecule has 0 aliphatic carbocycles. The fourth-order valence-electron chi connectivity index (χ4n) is 2.35. The van der Waals surface area contributed by atoms with Crippen LogP contribution in [0.4, 0.5) is 0 Å². The molecule has 0 aromatic heterocycles. The third-order valence-corrected chi connectivity index (χ3v) is 5.07. The van der Waals surface area contributed by atoms with Crippen molar-refractivity contribution in [2.45, 2.75) is 103 Å². The van der Waals surface area contributed by atoms with Gasteiger partial charge in [0.05, 0.1) is 6.61 Å². The lowest BCUT2D eigenvalue weighted by atomic mass is 10.0. The average Bonchev–Trinajstić information content (AvgIpc) is 2.58. The summed E-state index contributed by atoms with van der Waals surface area (Å²) in [4.78, 5) is 26.3. The highest BCUT2D eigenvalue weighted by molar-refractivity contribution is 7.52. The van der Waals surface area contributed by atoms with Crippen molar-refractivity contribution >= 4 is 13.9 Å². The van der Waals surface area contributed by atoms with Crippen molar-refractivity contribution in [1.29, 1.82) is 0 Å². The Morgan fingerprint density at radius 3 is 1.44 bits per heavy atom. The highest BCUT2D eigenvalue weighted by Crippen LogP contribution is 2.37. The maximum absolute atomic E-state index is 10.1. The number of aliphatic hydroxyl groups is 1. The molecule has 0 bridgehead atoms. The SMILES string of the molecule is CCCCCCCCCCCCCCCC=O.NC(CO)P(=O)(O)O. The molecule has 1 unspecified atom stereocenters. The smallest absolute Gasteiger partial charge is 0.344 e. The van der Waals surface area contributed by atoms with E-state index >= 15 is 0 Å². The molecular weight excluding hydrogens is 341 g/mol. The van der Waals surface area contributed by atoms with Gasteiger partial charge in [0.15, 0.2) is 0 Å². The van der Waals surface area contributed by atoms with Gasteiger partial charge in [0, 0.05) is 6.42 Å². The van der Waals surface area contributed by atoms with Crippen molar-refractivity contribution in [3.05, 3.63) is 0 Å². The largest absolute Gasteiger partial charge is 0.394 e. The Kier molecular flexibility index (Phi) is 21.6. The molecule has 0 aliphatic rings. The molecule has 7 heteroatoms. The number of unbranched alkanes of at least 4 members (excludes halogenated alkanes) is 13. The first-order chi connectivity index (χ1) is 11.9. The Hall–Kier alpha value is -0.260. The summed E-state index contributed by atoms with van der Waals surface area (Å²) >= 11 is 0. The summed E-state index contributed by atoms with van der Waals surface area (Å²) in [6.45, 7) is 1.58. The summed E-state index contributed by atoms with van der Waals surface area (Å²) < 4.78 is 9.97. The average molecular weight is 381 g/mol. The maximum atomic E-state index is 10.1. The van der Waals surface area contributed by atoms with Crippen LogP contribution >= 0.6 is 7.60 Å². The van der Waals surface area contributed by atoms with Gasteiger partial charge < -0.3 is 25.4 Å². The third-order valence-electron chi connectivity index (χ3n) is 4.04. The Labute approximate surface area is 153 Å². The highest BCUT2D eigenvalue weighted by atomic mass is 31.2. The molecule has 0 radical (unpaired) electrons. The van der Waals surface area contributed by atoms with E-state index < -0.39 is 20.0 Å². The minimum Gasteiger partial charge on any atom is -0.394 e. The molecule has 0 saturated carbocycles. The topological polar surface area (TPSA) is 121 Å². The number of carbonyl (C=O) groups is 1. The van der Waals surface area contributed by atoms with E-state index in [2.05, 4.69) is 6.92 Å². The fourth-order valence-corrected chi connectivity index (χ4v) is 2.56. The standard InChI is InChI=1S/C16H32O.C2H8NO4P/c1-2-3-4-5-6-7-8-9-10-11-12-13-14-15-16-17;3-2(1-4)8(5,6)7/h16H,2-15H2,1H3;2,4H,1,3H2,(H2,5,6,7). The van der Waals surface area contributed by atoms with Crippen LogP contribution in [0, 0.1) is 0 Å². The molecule has 0 fully saturated rings. The van der Waals surface area contributed by atoms with E-state index in [-0.39, 0.29) is 0 Å². The number of aldehydes is 1. The number of nitrogens with two attached hydrogens (primary N) is 1. The van der Waals surface area contributed by atoms with Gasteiger partial charge in [-0.25, -0.2) is 0 Å². The molecule has 1 atom stereocenters. The molecule has 6 nitrogen and oxygen atoms in total. The summed E-state index contributed by atoms with van der Waals surface area (Å²) in [5.41, 5.74) is 4.74.